The summed E-state index contributed by atoms with van der Waals surface area (Å²) >= 11 is 5.94. The van der Waals surface area contributed by atoms with E-state index >= 15 is 0 Å². The van der Waals surface area contributed by atoms with Crippen molar-refractivity contribution in [2.75, 3.05) is 0 Å². The summed E-state index contributed by atoms with van der Waals surface area (Å²) in [7, 11) is 0. The number of halogens is 1. The highest BCUT2D eigenvalue weighted by atomic mass is 35.5. The van der Waals surface area contributed by atoms with Gasteiger partial charge < -0.3 is 0 Å². The Kier molecular flexibility index (Phi) is 5.49. The predicted molar refractivity (Wildman–Crippen MR) is 116 cm³/mol. The summed E-state index contributed by atoms with van der Waals surface area (Å²) in [6, 6.07) is 26.4. The van der Waals surface area contributed by atoms with Gasteiger partial charge >= 0.3 is 0 Å². The second kappa shape index (κ2) is 8.54. The van der Waals surface area contributed by atoms with Crippen molar-refractivity contribution >= 4 is 23.7 Å². The van der Waals surface area contributed by atoms with Crippen molar-refractivity contribution in [3.63, 3.8) is 0 Å². The van der Waals surface area contributed by atoms with Crippen molar-refractivity contribution in [3.8, 4) is 16.9 Å². The lowest BCUT2D eigenvalue weighted by molar-refractivity contribution is 0.0955. The Labute approximate surface area is 173 Å². The van der Waals surface area contributed by atoms with Crippen LogP contribution in [0, 0.1) is 0 Å². The normalized spacial score (nSPS) is 10.9. The number of rotatable bonds is 5. The molecule has 5 nitrogen and oxygen atoms in total. The molecule has 0 saturated carbocycles. The van der Waals surface area contributed by atoms with Gasteiger partial charge in [0.1, 0.15) is 5.69 Å². The standard InChI is InChI=1S/C23H17ClN4O/c24-20-11-7-10-18(14-20)23(29)26-25-15-19-16-28(21-12-5-2-6-13-21)27-22(19)17-8-3-1-4-9-17/h1-16H,(H,26,29)/b25-15+. The minimum Gasteiger partial charge on any atom is -0.267 e. The highest BCUT2D eigenvalue weighted by Gasteiger charge is 2.11. The Morgan fingerprint density at radius 3 is 2.41 bits per heavy atom. The van der Waals surface area contributed by atoms with Crippen molar-refractivity contribution in [2.24, 2.45) is 5.10 Å². The van der Waals surface area contributed by atoms with E-state index in [4.69, 9.17) is 16.7 Å². The highest BCUT2D eigenvalue weighted by molar-refractivity contribution is 6.30. The van der Waals surface area contributed by atoms with Crippen molar-refractivity contribution in [1.29, 1.82) is 0 Å². The molecule has 0 aliphatic carbocycles. The molecular formula is C23H17ClN4O. The number of nitrogens with one attached hydrogen (secondary N) is 1. The zero-order valence-corrected chi connectivity index (χ0v) is 16.1. The number of amides is 1. The molecule has 0 fully saturated rings. The van der Waals surface area contributed by atoms with Crippen LogP contribution in [-0.4, -0.2) is 21.9 Å². The molecule has 1 aromatic heterocycles. The molecule has 0 unspecified atom stereocenters. The number of nitrogens with zero attached hydrogens (tertiary/aromatic N) is 3. The molecule has 4 aromatic rings. The summed E-state index contributed by atoms with van der Waals surface area (Å²) in [5.41, 5.74) is 6.44. The van der Waals surface area contributed by atoms with Crippen LogP contribution in [0.25, 0.3) is 16.9 Å². The average molecular weight is 401 g/mol. The number of hydrogen-bond donors (Lipinski definition) is 1. The molecule has 0 radical (unpaired) electrons. The number of aromatic nitrogens is 2. The molecule has 4 rings (SSSR count). The van der Waals surface area contributed by atoms with Crippen molar-refractivity contribution in [2.45, 2.75) is 0 Å². The van der Waals surface area contributed by atoms with E-state index in [9.17, 15) is 4.79 Å². The molecule has 29 heavy (non-hydrogen) atoms. The van der Waals surface area contributed by atoms with E-state index in [1.54, 1.807) is 35.2 Å². The Balaban J connectivity index is 1.62. The maximum absolute atomic E-state index is 12.3. The third-order valence-corrected chi connectivity index (χ3v) is 4.50. The molecule has 6 heteroatoms. The quantitative estimate of drug-likeness (QED) is 0.380. The van der Waals surface area contributed by atoms with E-state index in [0.29, 0.717) is 10.6 Å². The summed E-state index contributed by atoms with van der Waals surface area (Å²) in [6.07, 6.45) is 3.48. The number of carbonyl (C=O) groups excluding carboxylic acids is 1. The molecule has 0 aliphatic rings. The van der Waals surface area contributed by atoms with Crippen LogP contribution in [0.3, 0.4) is 0 Å². The van der Waals surface area contributed by atoms with Gasteiger partial charge in [0.05, 0.1) is 11.9 Å². The number of hydrazone groups is 1. The molecule has 0 aliphatic heterocycles. The van der Waals surface area contributed by atoms with Crippen LogP contribution >= 0.6 is 11.6 Å². The third kappa shape index (κ3) is 4.42. The molecule has 0 atom stereocenters. The predicted octanol–water partition coefficient (Wildman–Crippen LogP) is 4.96. The van der Waals surface area contributed by atoms with Crippen LogP contribution < -0.4 is 5.43 Å². The Morgan fingerprint density at radius 2 is 1.69 bits per heavy atom. The zero-order valence-electron chi connectivity index (χ0n) is 15.4. The summed E-state index contributed by atoms with van der Waals surface area (Å²) in [4.78, 5) is 12.3. The van der Waals surface area contributed by atoms with Gasteiger partial charge in [-0.25, -0.2) is 10.1 Å². The fraction of sp³-hybridized carbons (Fsp3) is 0. The van der Waals surface area contributed by atoms with Gasteiger partial charge in [0.15, 0.2) is 0 Å². The first-order valence-electron chi connectivity index (χ1n) is 9.00. The topological polar surface area (TPSA) is 59.3 Å². The first-order chi connectivity index (χ1) is 14.2. The van der Waals surface area contributed by atoms with Crippen LogP contribution in [0.1, 0.15) is 15.9 Å². The van der Waals surface area contributed by atoms with Crippen LogP contribution in [0.5, 0.6) is 0 Å². The van der Waals surface area contributed by atoms with E-state index < -0.39 is 0 Å². The van der Waals surface area contributed by atoms with E-state index in [0.717, 1.165) is 22.5 Å². The number of benzene rings is 3. The second-order valence-corrected chi connectivity index (χ2v) is 6.73. The number of carbonyl (C=O) groups is 1. The minimum atomic E-state index is -0.333. The van der Waals surface area contributed by atoms with Crippen molar-refractivity contribution in [1.82, 2.24) is 15.2 Å². The van der Waals surface area contributed by atoms with Gasteiger partial charge in [-0.15, -0.1) is 0 Å². The Hall–Kier alpha value is -3.70. The first-order valence-corrected chi connectivity index (χ1v) is 9.38. The van der Waals surface area contributed by atoms with Crippen molar-refractivity contribution < 1.29 is 4.79 Å². The number of hydrogen-bond acceptors (Lipinski definition) is 3. The van der Waals surface area contributed by atoms with Gasteiger partial charge in [-0.3, -0.25) is 4.79 Å². The van der Waals surface area contributed by atoms with Crippen LogP contribution in [0.2, 0.25) is 5.02 Å². The SMILES string of the molecule is O=C(N/N=C/c1cn(-c2ccccc2)nc1-c1ccccc1)c1cccc(Cl)c1. The smallest absolute Gasteiger partial charge is 0.267 e. The van der Waals surface area contributed by atoms with Crippen LogP contribution in [0.15, 0.2) is 96.2 Å². The maximum atomic E-state index is 12.3. The summed E-state index contributed by atoms with van der Waals surface area (Å²) < 4.78 is 1.79. The fourth-order valence-electron chi connectivity index (χ4n) is 2.87. The monoisotopic (exact) mass is 400 g/mol. The van der Waals surface area contributed by atoms with Gasteiger partial charge in [0.2, 0.25) is 0 Å². The lowest BCUT2D eigenvalue weighted by atomic mass is 10.1. The molecular weight excluding hydrogens is 384 g/mol. The Morgan fingerprint density at radius 1 is 0.966 bits per heavy atom. The molecule has 142 valence electrons. The van der Waals surface area contributed by atoms with Gasteiger partial charge in [-0.05, 0) is 30.3 Å². The van der Waals surface area contributed by atoms with Gasteiger partial charge in [0, 0.05) is 27.9 Å². The lowest BCUT2D eigenvalue weighted by Crippen LogP contribution is -2.17. The largest absolute Gasteiger partial charge is 0.271 e. The molecule has 1 amide bonds. The van der Waals surface area contributed by atoms with Crippen LogP contribution in [0.4, 0.5) is 0 Å². The summed E-state index contributed by atoms with van der Waals surface area (Å²) in [5.74, 6) is -0.333. The molecule has 0 saturated heterocycles. The van der Waals surface area contributed by atoms with E-state index in [2.05, 4.69) is 10.5 Å². The minimum absolute atomic E-state index is 0.333. The van der Waals surface area contributed by atoms with Gasteiger partial charge in [-0.1, -0.05) is 66.2 Å². The fourth-order valence-corrected chi connectivity index (χ4v) is 3.06. The zero-order chi connectivity index (χ0) is 20.1. The Bertz CT molecular complexity index is 1150. The highest BCUT2D eigenvalue weighted by Crippen LogP contribution is 2.22. The summed E-state index contributed by atoms with van der Waals surface area (Å²) in [6.45, 7) is 0. The van der Waals surface area contributed by atoms with E-state index in [1.165, 1.54) is 0 Å². The van der Waals surface area contributed by atoms with Gasteiger partial charge in [-0.2, -0.15) is 10.2 Å². The lowest BCUT2D eigenvalue weighted by Gasteiger charge is -2.00. The van der Waals surface area contributed by atoms with Crippen LogP contribution in [-0.2, 0) is 0 Å². The molecule has 3 aromatic carbocycles. The summed E-state index contributed by atoms with van der Waals surface area (Å²) in [5, 5.41) is 9.33. The maximum Gasteiger partial charge on any atom is 0.271 e. The molecule has 1 heterocycles. The van der Waals surface area contributed by atoms with Gasteiger partial charge in [0.25, 0.3) is 5.91 Å². The first kappa shape index (κ1) is 18.7. The molecule has 0 spiro atoms. The third-order valence-electron chi connectivity index (χ3n) is 4.27. The average Bonchev–Trinajstić information content (AvgIpc) is 3.19. The van der Waals surface area contributed by atoms with E-state index in [-0.39, 0.29) is 5.91 Å². The van der Waals surface area contributed by atoms with Crippen molar-refractivity contribution in [3.05, 3.63) is 107 Å². The molecule has 0 bridgehead atoms. The van der Waals surface area contributed by atoms with E-state index in [1.807, 2.05) is 66.9 Å². The molecule has 1 N–H and O–H groups in total. The second-order valence-electron chi connectivity index (χ2n) is 6.29. The number of para-hydroxylation sites is 1.